The third-order valence-corrected chi connectivity index (χ3v) is 3.76. The molecule has 5 heteroatoms. The van der Waals surface area contributed by atoms with Crippen LogP contribution in [-0.2, 0) is 0 Å². The molecule has 0 aliphatic rings. The van der Waals surface area contributed by atoms with Gasteiger partial charge in [0.05, 0.1) is 6.04 Å². The van der Waals surface area contributed by atoms with Gasteiger partial charge in [-0.3, -0.25) is 0 Å². The lowest BCUT2D eigenvalue weighted by Gasteiger charge is -2.21. The number of benzene rings is 2. The van der Waals surface area contributed by atoms with E-state index in [1.807, 2.05) is 6.92 Å². The second-order valence-corrected chi connectivity index (χ2v) is 5.60. The fourth-order valence-corrected chi connectivity index (χ4v) is 2.65. The van der Waals surface area contributed by atoms with E-state index in [4.69, 9.17) is 34.8 Å². The molecule has 0 bridgehead atoms. The summed E-state index contributed by atoms with van der Waals surface area (Å²) in [4.78, 5) is 0. The summed E-state index contributed by atoms with van der Waals surface area (Å²) in [6.45, 7) is 2.59. The summed E-state index contributed by atoms with van der Waals surface area (Å²) in [7, 11) is 0. The Kier molecular flexibility index (Phi) is 5.28. The zero-order chi connectivity index (χ0) is 14.7. The van der Waals surface area contributed by atoms with Crippen LogP contribution in [0.3, 0.4) is 0 Å². The van der Waals surface area contributed by atoms with Gasteiger partial charge in [-0.1, -0.05) is 41.7 Å². The second kappa shape index (κ2) is 6.77. The molecule has 106 valence electrons. The highest BCUT2D eigenvalue weighted by Gasteiger charge is 2.20. The van der Waals surface area contributed by atoms with Crippen LogP contribution in [0.5, 0.6) is 0 Å². The number of nitrogens with one attached hydrogen (secondary N) is 1. The van der Waals surface area contributed by atoms with Gasteiger partial charge in [-0.25, -0.2) is 4.39 Å². The molecular formula is C15H13Cl3FN. The summed E-state index contributed by atoms with van der Waals surface area (Å²) >= 11 is 18.2. The van der Waals surface area contributed by atoms with Crippen LogP contribution in [0.1, 0.15) is 24.1 Å². The van der Waals surface area contributed by atoms with E-state index in [-0.39, 0.29) is 5.82 Å². The van der Waals surface area contributed by atoms with Gasteiger partial charge < -0.3 is 5.32 Å². The zero-order valence-electron chi connectivity index (χ0n) is 10.8. The maximum Gasteiger partial charge on any atom is 0.128 e. The minimum Gasteiger partial charge on any atom is -0.306 e. The first kappa shape index (κ1) is 15.6. The number of hydrogen-bond donors (Lipinski definition) is 1. The van der Waals surface area contributed by atoms with Gasteiger partial charge in [0.2, 0.25) is 0 Å². The van der Waals surface area contributed by atoms with E-state index in [0.29, 0.717) is 27.2 Å². The third kappa shape index (κ3) is 3.44. The lowest BCUT2D eigenvalue weighted by atomic mass is 9.98. The average Bonchev–Trinajstić information content (AvgIpc) is 2.42. The summed E-state index contributed by atoms with van der Waals surface area (Å²) in [5, 5.41) is 4.76. The molecule has 0 heterocycles. The molecule has 0 aliphatic heterocycles. The van der Waals surface area contributed by atoms with Gasteiger partial charge in [-0.2, -0.15) is 0 Å². The molecule has 1 unspecified atom stereocenters. The smallest absolute Gasteiger partial charge is 0.128 e. The molecule has 1 nitrogen and oxygen atoms in total. The van der Waals surface area contributed by atoms with E-state index < -0.39 is 6.04 Å². The second-order valence-electron chi connectivity index (χ2n) is 4.32. The molecule has 0 spiro atoms. The predicted molar refractivity (Wildman–Crippen MR) is 83.4 cm³/mol. The number of hydrogen-bond acceptors (Lipinski definition) is 1. The average molecular weight is 333 g/mol. The predicted octanol–water partition coefficient (Wildman–Crippen LogP) is 5.48. The molecule has 20 heavy (non-hydrogen) atoms. The largest absolute Gasteiger partial charge is 0.306 e. The van der Waals surface area contributed by atoms with Crippen LogP contribution < -0.4 is 5.32 Å². The van der Waals surface area contributed by atoms with Crippen LogP contribution in [0, 0.1) is 5.82 Å². The summed E-state index contributed by atoms with van der Waals surface area (Å²) < 4.78 is 14.1. The van der Waals surface area contributed by atoms with Gasteiger partial charge in [0, 0.05) is 20.6 Å². The fraction of sp³-hybridized carbons (Fsp3) is 0.200. The van der Waals surface area contributed by atoms with Gasteiger partial charge in [0.15, 0.2) is 0 Å². The Bertz CT molecular complexity index is 565. The Labute approximate surface area is 132 Å². The zero-order valence-corrected chi connectivity index (χ0v) is 13.0. The minimum absolute atomic E-state index is 0.337. The van der Waals surface area contributed by atoms with Crippen molar-refractivity contribution in [2.45, 2.75) is 13.0 Å². The van der Waals surface area contributed by atoms with E-state index in [9.17, 15) is 4.39 Å². The van der Waals surface area contributed by atoms with Crippen LogP contribution >= 0.6 is 34.8 Å². The van der Waals surface area contributed by atoms with Gasteiger partial charge in [0.1, 0.15) is 5.82 Å². The third-order valence-electron chi connectivity index (χ3n) is 2.95. The van der Waals surface area contributed by atoms with Gasteiger partial charge in [-0.15, -0.1) is 0 Å². The van der Waals surface area contributed by atoms with Crippen molar-refractivity contribution in [2.75, 3.05) is 6.54 Å². The molecule has 0 saturated carbocycles. The van der Waals surface area contributed by atoms with Crippen molar-refractivity contribution in [3.63, 3.8) is 0 Å². The summed E-state index contributed by atoms with van der Waals surface area (Å²) in [6, 6.07) is 9.20. The molecule has 2 rings (SSSR count). The lowest BCUT2D eigenvalue weighted by molar-refractivity contribution is 0.559. The first-order chi connectivity index (χ1) is 9.52. The lowest BCUT2D eigenvalue weighted by Crippen LogP contribution is -2.23. The van der Waals surface area contributed by atoms with E-state index >= 15 is 0 Å². The molecule has 0 radical (unpaired) electrons. The molecule has 0 fully saturated rings. The van der Waals surface area contributed by atoms with Crippen LogP contribution in [-0.4, -0.2) is 6.54 Å². The highest BCUT2D eigenvalue weighted by atomic mass is 35.5. The molecule has 1 N–H and O–H groups in total. The van der Waals surface area contributed by atoms with Gasteiger partial charge in [0.25, 0.3) is 0 Å². The molecule has 2 aromatic carbocycles. The SMILES string of the molecule is CCNC(c1cc(Cl)ccc1F)c1cc(Cl)ccc1Cl. The molecule has 0 aliphatic carbocycles. The molecular weight excluding hydrogens is 320 g/mol. The van der Waals surface area contributed by atoms with Crippen LogP contribution in [0.15, 0.2) is 36.4 Å². The van der Waals surface area contributed by atoms with Crippen LogP contribution in [0.25, 0.3) is 0 Å². The Morgan fingerprint density at radius 2 is 1.60 bits per heavy atom. The van der Waals surface area contributed by atoms with Gasteiger partial charge >= 0.3 is 0 Å². The van der Waals surface area contributed by atoms with Crippen molar-refractivity contribution in [1.82, 2.24) is 5.32 Å². The van der Waals surface area contributed by atoms with E-state index in [2.05, 4.69) is 5.32 Å². The maximum absolute atomic E-state index is 14.1. The molecule has 0 amide bonds. The van der Waals surface area contributed by atoms with Crippen LogP contribution in [0.2, 0.25) is 15.1 Å². The summed E-state index contributed by atoms with van der Waals surface area (Å²) in [5.74, 6) is -0.337. The quantitative estimate of drug-likeness (QED) is 0.781. The maximum atomic E-state index is 14.1. The molecule has 2 aromatic rings. The molecule has 0 saturated heterocycles. The van der Waals surface area contributed by atoms with Crippen molar-refractivity contribution in [1.29, 1.82) is 0 Å². The number of halogens is 4. The Hall–Kier alpha value is -0.800. The summed E-state index contributed by atoms with van der Waals surface area (Å²) in [6.07, 6.45) is 0. The van der Waals surface area contributed by atoms with Gasteiger partial charge in [-0.05, 0) is 48.5 Å². The molecule has 1 atom stereocenters. The van der Waals surface area contributed by atoms with Crippen molar-refractivity contribution >= 4 is 34.8 Å². The van der Waals surface area contributed by atoms with E-state index in [1.54, 1.807) is 24.3 Å². The monoisotopic (exact) mass is 331 g/mol. The Balaban J connectivity index is 2.55. The Morgan fingerprint density at radius 3 is 2.25 bits per heavy atom. The normalized spacial score (nSPS) is 12.4. The fourth-order valence-electron chi connectivity index (χ4n) is 2.06. The minimum atomic E-state index is -0.398. The summed E-state index contributed by atoms with van der Waals surface area (Å²) in [5.41, 5.74) is 1.17. The first-order valence-electron chi connectivity index (χ1n) is 6.16. The van der Waals surface area contributed by atoms with E-state index in [0.717, 1.165) is 5.56 Å². The topological polar surface area (TPSA) is 12.0 Å². The Morgan fingerprint density at radius 1 is 1.00 bits per heavy atom. The highest BCUT2D eigenvalue weighted by molar-refractivity contribution is 6.33. The number of rotatable bonds is 4. The van der Waals surface area contributed by atoms with Crippen molar-refractivity contribution in [3.05, 3.63) is 68.4 Å². The van der Waals surface area contributed by atoms with Crippen molar-refractivity contribution in [2.24, 2.45) is 0 Å². The van der Waals surface area contributed by atoms with Crippen molar-refractivity contribution < 1.29 is 4.39 Å². The van der Waals surface area contributed by atoms with E-state index in [1.165, 1.54) is 12.1 Å². The van der Waals surface area contributed by atoms with Crippen molar-refractivity contribution in [3.8, 4) is 0 Å². The highest BCUT2D eigenvalue weighted by Crippen LogP contribution is 2.33. The first-order valence-corrected chi connectivity index (χ1v) is 7.29. The standard InChI is InChI=1S/C15H13Cl3FN/c1-2-20-15(11-7-9(16)3-5-13(11)18)12-8-10(17)4-6-14(12)19/h3-8,15,20H,2H2,1H3. The van der Waals surface area contributed by atoms with Crippen LogP contribution in [0.4, 0.5) is 4.39 Å². The molecule has 0 aromatic heterocycles.